The van der Waals surface area contributed by atoms with Crippen molar-refractivity contribution in [3.63, 3.8) is 0 Å². The average molecular weight is 420 g/mol. The summed E-state index contributed by atoms with van der Waals surface area (Å²) in [5, 5.41) is 4.97. The van der Waals surface area contributed by atoms with Gasteiger partial charge in [-0.25, -0.2) is 13.6 Å². The molecule has 3 rings (SSSR count). The Labute approximate surface area is 167 Å². The van der Waals surface area contributed by atoms with E-state index < -0.39 is 41.2 Å². The molecule has 0 saturated heterocycles. The van der Waals surface area contributed by atoms with E-state index in [1.807, 2.05) is 0 Å². The second-order valence-corrected chi connectivity index (χ2v) is 6.81. The summed E-state index contributed by atoms with van der Waals surface area (Å²) < 4.78 is 37.2. The number of anilines is 2. The lowest BCUT2D eigenvalue weighted by Gasteiger charge is -2.13. The van der Waals surface area contributed by atoms with Crippen molar-refractivity contribution in [2.75, 3.05) is 10.6 Å². The van der Waals surface area contributed by atoms with Gasteiger partial charge in [0.25, 0.3) is 11.8 Å². The van der Waals surface area contributed by atoms with Crippen LogP contribution in [0.4, 0.5) is 19.5 Å². The average Bonchev–Trinajstić information content (AvgIpc) is 3.36. The molecule has 2 heterocycles. The van der Waals surface area contributed by atoms with Gasteiger partial charge in [-0.1, -0.05) is 6.07 Å². The van der Waals surface area contributed by atoms with Gasteiger partial charge in [0, 0.05) is 0 Å². The Morgan fingerprint density at radius 1 is 1.03 bits per heavy atom. The zero-order valence-corrected chi connectivity index (χ0v) is 15.7. The minimum Gasteiger partial charge on any atom is -0.459 e. The summed E-state index contributed by atoms with van der Waals surface area (Å²) in [7, 11) is 0. The zero-order chi connectivity index (χ0) is 21.0. The number of hydrogen-bond donors (Lipinski definition) is 2. The predicted octanol–water partition coefficient (Wildman–Crippen LogP) is 4.06. The molecule has 7 nitrogen and oxygen atoms in total. The zero-order valence-electron chi connectivity index (χ0n) is 14.9. The van der Waals surface area contributed by atoms with Crippen LogP contribution < -0.4 is 10.6 Å². The van der Waals surface area contributed by atoms with Crippen molar-refractivity contribution in [1.29, 1.82) is 0 Å². The highest BCUT2D eigenvalue weighted by molar-refractivity contribution is 7.18. The Kier molecular flexibility index (Phi) is 6.03. The van der Waals surface area contributed by atoms with Gasteiger partial charge in [0.05, 0.1) is 11.3 Å². The highest BCUT2D eigenvalue weighted by Crippen LogP contribution is 2.24. The quantitative estimate of drug-likeness (QED) is 0.586. The molecule has 29 heavy (non-hydrogen) atoms. The minimum absolute atomic E-state index is 0.105. The number of amides is 2. The lowest BCUT2D eigenvalue weighted by atomic mass is 10.2. The van der Waals surface area contributed by atoms with Crippen LogP contribution >= 0.6 is 11.3 Å². The Morgan fingerprint density at radius 2 is 1.76 bits per heavy atom. The van der Waals surface area contributed by atoms with Gasteiger partial charge >= 0.3 is 5.97 Å². The largest absolute Gasteiger partial charge is 0.459 e. The Balaban J connectivity index is 1.59. The van der Waals surface area contributed by atoms with Crippen LogP contribution in [0.3, 0.4) is 0 Å². The fraction of sp³-hybridized carbons (Fsp3) is 0.105. The van der Waals surface area contributed by atoms with Crippen LogP contribution in [0.25, 0.3) is 0 Å². The van der Waals surface area contributed by atoms with Crippen LogP contribution in [0.15, 0.2) is 53.1 Å². The summed E-state index contributed by atoms with van der Waals surface area (Å²) in [6.45, 7) is 1.26. The summed E-state index contributed by atoms with van der Waals surface area (Å²) in [5.41, 5.74) is -0.626. The second kappa shape index (κ2) is 8.65. The Hall–Kier alpha value is -3.53. The van der Waals surface area contributed by atoms with Gasteiger partial charge < -0.3 is 19.8 Å². The van der Waals surface area contributed by atoms with E-state index in [0.717, 1.165) is 29.5 Å². The molecule has 2 N–H and O–H groups in total. The van der Waals surface area contributed by atoms with Gasteiger partial charge in [0.1, 0.15) is 22.2 Å². The molecule has 0 aliphatic heterocycles. The standard InChI is InChI=1S/C19H14F2N2O5S/c1-10(17(24)23-16-11(20)4-2-5-12(16)21)28-19(26)14-7-8-15(29-14)22-18(25)13-6-3-9-27-13/h2-10H,1H3,(H,22,25)(H,23,24). The van der Waals surface area contributed by atoms with Crippen molar-refractivity contribution < 1.29 is 32.3 Å². The number of hydrogen-bond acceptors (Lipinski definition) is 6. The highest BCUT2D eigenvalue weighted by atomic mass is 32.1. The molecule has 10 heteroatoms. The summed E-state index contributed by atoms with van der Waals surface area (Å²) in [6.07, 6.45) is 0.0379. The first-order valence-corrected chi connectivity index (χ1v) is 9.07. The minimum atomic E-state index is -1.32. The molecule has 1 unspecified atom stereocenters. The maximum atomic E-state index is 13.6. The van der Waals surface area contributed by atoms with Gasteiger partial charge in [-0.15, -0.1) is 11.3 Å². The number of halogens is 2. The van der Waals surface area contributed by atoms with Crippen LogP contribution in [0, 0.1) is 11.6 Å². The van der Waals surface area contributed by atoms with Crippen molar-refractivity contribution in [1.82, 2.24) is 0 Å². The van der Waals surface area contributed by atoms with Crippen molar-refractivity contribution in [2.24, 2.45) is 0 Å². The number of carbonyl (C=O) groups excluding carboxylic acids is 3. The predicted molar refractivity (Wildman–Crippen MR) is 101 cm³/mol. The lowest BCUT2D eigenvalue weighted by Crippen LogP contribution is -2.30. The first kappa shape index (κ1) is 20.2. The molecule has 0 radical (unpaired) electrons. The van der Waals surface area contributed by atoms with Crippen molar-refractivity contribution in [3.8, 4) is 0 Å². The SMILES string of the molecule is CC(OC(=O)c1ccc(NC(=O)c2ccco2)s1)C(=O)Nc1c(F)cccc1F. The van der Waals surface area contributed by atoms with Crippen LogP contribution in [-0.4, -0.2) is 23.9 Å². The summed E-state index contributed by atoms with van der Waals surface area (Å²) in [6, 6.07) is 9.07. The molecule has 150 valence electrons. The van der Waals surface area contributed by atoms with E-state index in [9.17, 15) is 23.2 Å². The van der Waals surface area contributed by atoms with E-state index in [4.69, 9.17) is 9.15 Å². The summed E-state index contributed by atoms with van der Waals surface area (Å²) in [5.74, 6) is -4.01. The fourth-order valence-corrected chi connectivity index (χ4v) is 2.99. The molecule has 1 atom stereocenters. The summed E-state index contributed by atoms with van der Waals surface area (Å²) in [4.78, 5) is 36.3. The lowest BCUT2D eigenvalue weighted by molar-refractivity contribution is -0.123. The number of para-hydroxylation sites is 1. The Morgan fingerprint density at radius 3 is 2.41 bits per heavy atom. The van der Waals surface area contributed by atoms with Crippen LogP contribution in [-0.2, 0) is 9.53 Å². The van der Waals surface area contributed by atoms with E-state index in [0.29, 0.717) is 5.00 Å². The van der Waals surface area contributed by atoms with E-state index in [1.165, 1.54) is 31.4 Å². The van der Waals surface area contributed by atoms with E-state index in [-0.39, 0.29) is 10.6 Å². The molecule has 0 fully saturated rings. The number of furan rings is 1. The van der Waals surface area contributed by atoms with Crippen LogP contribution in [0.1, 0.15) is 27.2 Å². The molecule has 0 aliphatic rings. The molecular weight excluding hydrogens is 406 g/mol. The topological polar surface area (TPSA) is 97.6 Å². The third-order valence-corrected chi connectivity index (χ3v) is 4.63. The van der Waals surface area contributed by atoms with Gasteiger partial charge in [-0.3, -0.25) is 9.59 Å². The number of ether oxygens (including phenoxy) is 1. The maximum Gasteiger partial charge on any atom is 0.349 e. The number of rotatable bonds is 6. The first-order valence-electron chi connectivity index (χ1n) is 8.25. The highest BCUT2D eigenvalue weighted by Gasteiger charge is 2.22. The number of benzene rings is 1. The molecule has 0 spiro atoms. The third-order valence-electron chi connectivity index (χ3n) is 3.65. The smallest absolute Gasteiger partial charge is 0.349 e. The van der Waals surface area contributed by atoms with Gasteiger partial charge in [0.15, 0.2) is 11.9 Å². The van der Waals surface area contributed by atoms with E-state index in [2.05, 4.69) is 10.6 Å². The molecular formula is C19H14F2N2O5S. The Bertz CT molecular complexity index is 1030. The first-order chi connectivity index (χ1) is 13.8. The number of thiophene rings is 1. The van der Waals surface area contributed by atoms with Crippen molar-refractivity contribution in [2.45, 2.75) is 13.0 Å². The number of nitrogens with one attached hydrogen (secondary N) is 2. The van der Waals surface area contributed by atoms with Gasteiger partial charge in [-0.2, -0.15) is 0 Å². The molecule has 3 aromatic rings. The van der Waals surface area contributed by atoms with Gasteiger partial charge in [-0.05, 0) is 43.3 Å². The second-order valence-electron chi connectivity index (χ2n) is 5.73. The molecule has 0 saturated carbocycles. The molecule has 1 aromatic carbocycles. The normalized spacial score (nSPS) is 11.6. The van der Waals surface area contributed by atoms with Gasteiger partial charge in [0.2, 0.25) is 0 Å². The number of esters is 1. The molecule has 2 amide bonds. The fourth-order valence-electron chi connectivity index (χ4n) is 2.21. The third kappa shape index (κ3) is 4.85. The molecule has 2 aromatic heterocycles. The van der Waals surface area contributed by atoms with Crippen molar-refractivity contribution >= 4 is 39.8 Å². The molecule has 0 aliphatic carbocycles. The summed E-state index contributed by atoms with van der Waals surface area (Å²) >= 11 is 0.929. The van der Waals surface area contributed by atoms with Crippen LogP contribution in [0.5, 0.6) is 0 Å². The monoisotopic (exact) mass is 420 g/mol. The van der Waals surface area contributed by atoms with E-state index >= 15 is 0 Å². The molecule has 0 bridgehead atoms. The number of carbonyl (C=O) groups is 3. The van der Waals surface area contributed by atoms with Crippen LogP contribution in [0.2, 0.25) is 0 Å². The maximum absolute atomic E-state index is 13.6. The van der Waals surface area contributed by atoms with E-state index in [1.54, 1.807) is 6.07 Å². The van der Waals surface area contributed by atoms with Crippen molar-refractivity contribution in [3.05, 3.63) is 71.0 Å².